The Morgan fingerprint density at radius 3 is 2.56 bits per heavy atom. The Balaban J connectivity index is 1.72. The van der Waals surface area contributed by atoms with E-state index in [2.05, 4.69) is 5.32 Å². The second-order valence-electron chi connectivity index (χ2n) is 6.93. The zero-order valence-electron chi connectivity index (χ0n) is 17.0. The Morgan fingerprint density at radius 1 is 1.22 bits per heavy atom. The Hall–Kier alpha value is -3.96. The van der Waals surface area contributed by atoms with Crippen molar-refractivity contribution in [1.82, 2.24) is 0 Å². The average molecular weight is 441 g/mol. The molecule has 2 unspecified atom stereocenters. The quantitative estimate of drug-likeness (QED) is 0.272. The van der Waals surface area contributed by atoms with Gasteiger partial charge in [-0.3, -0.25) is 19.8 Å². The molecule has 0 saturated carbocycles. The first kappa shape index (κ1) is 22.7. The van der Waals surface area contributed by atoms with Gasteiger partial charge in [0.1, 0.15) is 11.6 Å². The summed E-state index contributed by atoms with van der Waals surface area (Å²) >= 11 is 0. The molecular weight excluding hydrogens is 418 g/mol. The van der Waals surface area contributed by atoms with Crippen LogP contribution in [-0.2, 0) is 19.1 Å². The van der Waals surface area contributed by atoms with E-state index in [4.69, 9.17) is 26.4 Å². The normalized spacial score (nSPS) is 16.8. The Morgan fingerprint density at radius 2 is 1.91 bits per heavy atom. The predicted octanol–water partition coefficient (Wildman–Crippen LogP) is -0.434. The number of primary amides is 1. The number of benzene rings is 2. The molecule has 0 spiro atoms. The molecule has 11 nitrogen and oxygen atoms in total. The molecule has 1 aliphatic heterocycles. The van der Waals surface area contributed by atoms with Gasteiger partial charge in [-0.1, -0.05) is 12.1 Å². The van der Waals surface area contributed by atoms with Crippen molar-refractivity contribution >= 4 is 34.9 Å². The largest absolute Gasteiger partial charge is 0.482 e. The fourth-order valence-electron chi connectivity index (χ4n) is 3.11. The molecule has 3 amide bonds. The minimum atomic E-state index is -1.78. The number of hydrogen-bond donors (Lipinski definition) is 5. The number of rotatable bonds is 8. The summed E-state index contributed by atoms with van der Waals surface area (Å²) in [4.78, 5) is 37.9. The number of nitrogen functional groups attached to an aromatic ring is 1. The highest BCUT2D eigenvalue weighted by Crippen LogP contribution is 2.30. The van der Waals surface area contributed by atoms with Gasteiger partial charge in [-0.25, -0.2) is 0 Å². The number of carbonyl (C=O) groups is 3. The Labute approximate surface area is 183 Å². The van der Waals surface area contributed by atoms with Gasteiger partial charge in [0.15, 0.2) is 18.8 Å². The summed E-state index contributed by atoms with van der Waals surface area (Å²) in [5, 5.41) is 20.4. The van der Waals surface area contributed by atoms with E-state index in [1.165, 1.54) is 29.2 Å². The van der Waals surface area contributed by atoms with Crippen molar-refractivity contribution < 1.29 is 29.0 Å². The van der Waals surface area contributed by atoms with E-state index in [0.717, 1.165) is 0 Å². The topological polar surface area (TPSA) is 181 Å². The van der Waals surface area contributed by atoms with Crippen LogP contribution in [0, 0.1) is 5.41 Å². The van der Waals surface area contributed by atoms with Crippen molar-refractivity contribution in [2.75, 3.05) is 30.0 Å². The van der Waals surface area contributed by atoms with Crippen LogP contribution in [-0.4, -0.2) is 60.6 Å². The third kappa shape index (κ3) is 5.20. The number of para-hydroxylation sites is 2. The second kappa shape index (κ2) is 9.90. The van der Waals surface area contributed by atoms with Crippen LogP contribution in [0.5, 0.6) is 5.75 Å². The molecule has 1 aliphatic rings. The first-order chi connectivity index (χ1) is 15.3. The number of amidine groups is 1. The van der Waals surface area contributed by atoms with Gasteiger partial charge in [0.2, 0.25) is 0 Å². The lowest BCUT2D eigenvalue weighted by Crippen LogP contribution is -2.55. The Bertz CT molecular complexity index is 1030. The van der Waals surface area contributed by atoms with Gasteiger partial charge in [-0.2, -0.15) is 0 Å². The first-order valence-electron chi connectivity index (χ1n) is 9.64. The van der Waals surface area contributed by atoms with Crippen LogP contribution >= 0.6 is 0 Å². The summed E-state index contributed by atoms with van der Waals surface area (Å²) in [6.07, 6.45) is -3.22. The Kier molecular flexibility index (Phi) is 7.03. The van der Waals surface area contributed by atoms with Crippen LogP contribution in [0.1, 0.15) is 5.56 Å². The second-order valence-corrected chi connectivity index (χ2v) is 6.93. The van der Waals surface area contributed by atoms with Crippen molar-refractivity contribution in [2.45, 2.75) is 12.2 Å². The summed E-state index contributed by atoms with van der Waals surface area (Å²) in [5.41, 5.74) is 11.7. The number of ether oxygens (including phenoxy) is 2. The number of anilines is 2. The number of morpholine rings is 1. The lowest BCUT2D eigenvalue weighted by Gasteiger charge is -2.34. The monoisotopic (exact) mass is 441 g/mol. The number of carbonyl (C=O) groups excluding carboxylic acids is 3. The van der Waals surface area contributed by atoms with Crippen molar-refractivity contribution in [3.8, 4) is 5.75 Å². The van der Waals surface area contributed by atoms with Gasteiger partial charge in [-0.05, 0) is 36.4 Å². The van der Waals surface area contributed by atoms with E-state index in [-0.39, 0.29) is 31.3 Å². The van der Waals surface area contributed by atoms with Crippen molar-refractivity contribution in [1.29, 1.82) is 5.41 Å². The summed E-state index contributed by atoms with van der Waals surface area (Å²) in [6.45, 7) is -0.141. The van der Waals surface area contributed by atoms with E-state index in [0.29, 0.717) is 16.9 Å². The molecule has 11 heteroatoms. The summed E-state index contributed by atoms with van der Waals surface area (Å²) in [6, 6.07) is 12.6. The van der Waals surface area contributed by atoms with Gasteiger partial charge in [-0.15, -0.1) is 0 Å². The standard InChI is InChI=1S/C21H23N5O6/c22-16(27)11-32-15-4-2-1-3-14(15)26-9-10-31-18(21(26)30)17(28)20(29)25-13-7-5-12(6-8-13)19(23)24/h1-8,17-18,28H,9-11H2,(H2,22,27)(H3,23,24)(H,25,29). The van der Waals surface area contributed by atoms with Crippen LogP contribution in [0.4, 0.5) is 11.4 Å². The molecule has 0 aliphatic carbocycles. The van der Waals surface area contributed by atoms with Gasteiger partial charge >= 0.3 is 0 Å². The summed E-state index contributed by atoms with van der Waals surface area (Å²) < 4.78 is 10.8. The minimum absolute atomic E-state index is 0.0677. The van der Waals surface area contributed by atoms with E-state index >= 15 is 0 Å². The molecule has 168 valence electrons. The number of nitrogens with one attached hydrogen (secondary N) is 2. The fourth-order valence-corrected chi connectivity index (χ4v) is 3.11. The molecule has 1 heterocycles. The molecule has 0 radical (unpaired) electrons. The molecule has 0 aromatic heterocycles. The van der Waals surface area contributed by atoms with E-state index < -0.39 is 29.9 Å². The molecule has 32 heavy (non-hydrogen) atoms. The first-order valence-corrected chi connectivity index (χ1v) is 9.64. The maximum Gasteiger partial charge on any atom is 0.259 e. The molecule has 0 bridgehead atoms. The SMILES string of the molecule is N=C(N)c1ccc(NC(=O)C(O)C2OCCN(c3ccccc3OCC(N)=O)C2=O)cc1. The van der Waals surface area contributed by atoms with Crippen molar-refractivity contribution in [2.24, 2.45) is 11.5 Å². The van der Waals surface area contributed by atoms with Crippen LogP contribution < -0.4 is 26.4 Å². The molecule has 1 fully saturated rings. The number of aliphatic hydroxyl groups excluding tert-OH is 1. The summed E-state index contributed by atoms with van der Waals surface area (Å²) in [5.74, 6) is -2.01. The number of hydrogen-bond acceptors (Lipinski definition) is 7. The number of nitrogens with two attached hydrogens (primary N) is 2. The fraction of sp³-hybridized carbons (Fsp3) is 0.238. The number of nitrogens with zero attached hydrogens (tertiary/aromatic N) is 1. The minimum Gasteiger partial charge on any atom is -0.482 e. The van der Waals surface area contributed by atoms with Gasteiger partial charge < -0.3 is 36.3 Å². The molecule has 3 rings (SSSR count). The predicted molar refractivity (Wildman–Crippen MR) is 115 cm³/mol. The number of aliphatic hydroxyl groups is 1. The maximum absolute atomic E-state index is 13.0. The van der Waals surface area contributed by atoms with Crippen LogP contribution in [0.15, 0.2) is 48.5 Å². The third-order valence-electron chi connectivity index (χ3n) is 4.67. The van der Waals surface area contributed by atoms with E-state index in [9.17, 15) is 19.5 Å². The third-order valence-corrected chi connectivity index (χ3v) is 4.67. The zero-order valence-corrected chi connectivity index (χ0v) is 17.0. The summed E-state index contributed by atoms with van der Waals surface area (Å²) in [7, 11) is 0. The smallest absolute Gasteiger partial charge is 0.259 e. The lowest BCUT2D eigenvalue weighted by atomic mass is 10.1. The highest BCUT2D eigenvalue weighted by atomic mass is 16.5. The van der Waals surface area contributed by atoms with Gasteiger partial charge in [0.25, 0.3) is 17.7 Å². The lowest BCUT2D eigenvalue weighted by molar-refractivity contribution is -0.150. The zero-order chi connectivity index (χ0) is 23.3. The molecular formula is C21H23N5O6. The molecule has 2 aromatic rings. The highest BCUT2D eigenvalue weighted by Gasteiger charge is 2.40. The van der Waals surface area contributed by atoms with E-state index in [1.807, 2.05) is 0 Å². The molecule has 1 saturated heterocycles. The van der Waals surface area contributed by atoms with Gasteiger partial charge in [0.05, 0.1) is 12.3 Å². The van der Waals surface area contributed by atoms with E-state index in [1.54, 1.807) is 24.3 Å². The van der Waals surface area contributed by atoms with Gasteiger partial charge in [0, 0.05) is 17.8 Å². The number of amides is 3. The van der Waals surface area contributed by atoms with Crippen LogP contribution in [0.25, 0.3) is 0 Å². The molecule has 2 aromatic carbocycles. The van der Waals surface area contributed by atoms with Crippen LogP contribution in [0.3, 0.4) is 0 Å². The average Bonchev–Trinajstić information content (AvgIpc) is 2.78. The molecule has 2 atom stereocenters. The van der Waals surface area contributed by atoms with Crippen molar-refractivity contribution in [3.63, 3.8) is 0 Å². The van der Waals surface area contributed by atoms with Crippen LogP contribution in [0.2, 0.25) is 0 Å². The highest BCUT2D eigenvalue weighted by molar-refractivity contribution is 6.04. The maximum atomic E-state index is 13.0. The molecule has 7 N–H and O–H groups in total. The van der Waals surface area contributed by atoms with Crippen molar-refractivity contribution in [3.05, 3.63) is 54.1 Å².